The third-order valence-corrected chi connectivity index (χ3v) is 4.96. The maximum Gasteiger partial charge on any atom is 0.241 e. The number of aromatic nitrogens is 4. The highest BCUT2D eigenvalue weighted by Crippen LogP contribution is 2.24. The van der Waals surface area contributed by atoms with Crippen molar-refractivity contribution in [2.45, 2.75) is 32.9 Å². The maximum atomic E-state index is 9.86. The highest BCUT2D eigenvalue weighted by Gasteiger charge is 2.25. The molecule has 7 nitrogen and oxygen atoms in total. The minimum Gasteiger partial charge on any atom is -0.393 e. The molecule has 3 heterocycles. The van der Waals surface area contributed by atoms with E-state index in [1.54, 1.807) is 6.20 Å². The fraction of sp³-hybridized carbons (Fsp3) is 0.400. The van der Waals surface area contributed by atoms with E-state index in [4.69, 9.17) is 4.52 Å². The summed E-state index contributed by atoms with van der Waals surface area (Å²) in [5.41, 5.74) is 2.75. The lowest BCUT2D eigenvalue weighted by Gasteiger charge is -2.33. The zero-order valence-electron chi connectivity index (χ0n) is 15.5. The lowest BCUT2D eigenvalue weighted by Crippen LogP contribution is -2.41. The largest absolute Gasteiger partial charge is 0.393 e. The van der Waals surface area contributed by atoms with E-state index in [1.165, 1.54) is 0 Å². The molecule has 1 saturated heterocycles. The average molecular weight is 365 g/mol. The molecule has 2 atom stereocenters. The number of benzene rings is 1. The van der Waals surface area contributed by atoms with Gasteiger partial charge in [-0.25, -0.2) is 9.97 Å². The summed E-state index contributed by atoms with van der Waals surface area (Å²) in [5, 5.41) is 14.0. The predicted octanol–water partition coefficient (Wildman–Crippen LogP) is 2.70. The van der Waals surface area contributed by atoms with Gasteiger partial charge in [0.25, 0.3) is 0 Å². The van der Waals surface area contributed by atoms with Crippen molar-refractivity contribution in [1.29, 1.82) is 0 Å². The van der Waals surface area contributed by atoms with Crippen molar-refractivity contribution in [1.82, 2.24) is 25.0 Å². The van der Waals surface area contributed by atoms with E-state index in [0.717, 1.165) is 42.2 Å². The van der Waals surface area contributed by atoms with Crippen molar-refractivity contribution < 1.29 is 9.63 Å². The van der Waals surface area contributed by atoms with Crippen molar-refractivity contribution in [3.05, 3.63) is 48.2 Å². The number of hydrogen-bond donors (Lipinski definition) is 1. The fourth-order valence-corrected chi connectivity index (χ4v) is 3.43. The Hall–Kier alpha value is -2.64. The van der Waals surface area contributed by atoms with Crippen molar-refractivity contribution in [2.75, 3.05) is 13.1 Å². The smallest absolute Gasteiger partial charge is 0.241 e. The Bertz CT molecular complexity index is 926. The molecule has 27 heavy (non-hydrogen) atoms. The number of aliphatic hydroxyl groups excluding tert-OH is 1. The van der Waals surface area contributed by atoms with Gasteiger partial charge in [-0.2, -0.15) is 4.98 Å². The van der Waals surface area contributed by atoms with Gasteiger partial charge in [-0.1, -0.05) is 30.3 Å². The molecule has 1 aliphatic heterocycles. The van der Waals surface area contributed by atoms with E-state index in [1.807, 2.05) is 37.3 Å². The molecule has 0 bridgehead atoms. The van der Waals surface area contributed by atoms with Gasteiger partial charge in [-0.3, -0.25) is 4.90 Å². The summed E-state index contributed by atoms with van der Waals surface area (Å²) in [6.45, 7) is 6.22. The van der Waals surface area contributed by atoms with E-state index in [0.29, 0.717) is 18.3 Å². The van der Waals surface area contributed by atoms with Gasteiger partial charge in [-0.05, 0) is 31.4 Å². The molecule has 0 spiro atoms. The number of likely N-dealkylation sites (tertiary alicyclic amines) is 1. The minimum absolute atomic E-state index is 0.215. The molecule has 1 aromatic carbocycles. The Kier molecular flexibility index (Phi) is 4.96. The lowest BCUT2D eigenvalue weighted by atomic mass is 9.97. The molecule has 0 aliphatic carbocycles. The molecule has 0 unspecified atom stereocenters. The van der Waals surface area contributed by atoms with E-state index in [2.05, 4.69) is 31.9 Å². The Balaban J connectivity index is 1.51. The van der Waals surface area contributed by atoms with Crippen LogP contribution < -0.4 is 0 Å². The molecular weight excluding hydrogens is 342 g/mol. The van der Waals surface area contributed by atoms with Gasteiger partial charge in [0.15, 0.2) is 0 Å². The quantitative estimate of drug-likeness (QED) is 0.760. The third-order valence-electron chi connectivity index (χ3n) is 4.96. The summed E-state index contributed by atoms with van der Waals surface area (Å²) in [4.78, 5) is 15.4. The van der Waals surface area contributed by atoms with Gasteiger partial charge in [0.05, 0.1) is 18.3 Å². The molecule has 4 rings (SSSR count). The van der Waals surface area contributed by atoms with Crippen LogP contribution in [-0.4, -0.2) is 49.3 Å². The second-order valence-corrected chi connectivity index (χ2v) is 7.15. The third kappa shape index (κ3) is 4.04. The molecule has 7 heteroatoms. The number of rotatable bonds is 4. The topological polar surface area (TPSA) is 88.2 Å². The Morgan fingerprint density at radius 1 is 1.22 bits per heavy atom. The molecule has 1 fully saturated rings. The van der Waals surface area contributed by atoms with Crippen LogP contribution in [0.1, 0.15) is 25.1 Å². The minimum atomic E-state index is -0.215. The summed E-state index contributed by atoms with van der Waals surface area (Å²) >= 11 is 0. The van der Waals surface area contributed by atoms with Crippen LogP contribution in [0.5, 0.6) is 0 Å². The van der Waals surface area contributed by atoms with Crippen LogP contribution >= 0.6 is 0 Å². The number of piperidine rings is 1. The van der Waals surface area contributed by atoms with Crippen molar-refractivity contribution in [3.63, 3.8) is 0 Å². The van der Waals surface area contributed by atoms with Gasteiger partial charge in [0, 0.05) is 30.4 Å². The molecule has 2 aromatic heterocycles. The van der Waals surface area contributed by atoms with Crippen LogP contribution in [0, 0.1) is 12.8 Å². The van der Waals surface area contributed by atoms with Crippen LogP contribution in [0.2, 0.25) is 0 Å². The van der Waals surface area contributed by atoms with Gasteiger partial charge < -0.3 is 9.63 Å². The molecule has 140 valence electrons. The van der Waals surface area contributed by atoms with Gasteiger partial charge >= 0.3 is 0 Å². The van der Waals surface area contributed by atoms with Crippen LogP contribution in [0.15, 0.2) is 41.1 Å². The molecule has 0 amide bonds. The summed E-state index contributed by atoms with van der Waals surface area (Å²) in [7, 11) is 0. The maximum absolute atomic E-state index is 9.86. The van der Waals surface area contributed by atoms with Crippen LogP contribution in [0.25, 0.3) is 22.6 Å². The summed E-state index contributed by atoms with van der Waals surface area (Å²) in [5.74, 6) is 2.16. The number of aryl methyl sites for hydroxylation is 1. The first-order valence-electron chi connectivity index (χ1n) is 9.22. The van der Waals surface area contributed by atoms with Crippen LogP contribution in [-0.2, 0) is 6.54 Å². The van der Waals surface area contributed by atoms with E-state index in [-0.39, 0.29) is 12.0 Å². The summed E-state index contributed by atoms with van der Waals surface area (Å²) in [6, 6.07) is 9.83. The van der Waals surface area contributed by atoms with Crippen molar-refractivity contribution >= 4 is 0 Å². The summed E-state index contributed by atoms with van der Waals surface area (Å²) in [6.07, 6.45) is 2.32. The highest BCUT2D eigenvalue weighted by molar-refractivity contribution is 5.67. The molecule has 1 N–H and O–H groups in total. The van der Waals surface area contributed by atoms with Crippen molar-refractivity contribution in [3.8, 4) is 22.6 Å². The van der Waals surface area contributed by atoms with E-state index in [9.17, 15) is 5.11 Å². The number of nitrogens with zero attached hydrogens (tertiary/aromatic N) is 5. The second-order valence-electron chi connectivity index (χ2n) is 7.15. The van der Waals surface area contributed by atoms with Gasteiger partial charge in [0.1, 0.15) is 5.82 Å². The molecule has 0 saturated carbocycles. The van der Waals surface area contributed by atoms with Crippen LogP contribution in [0.4, 0.5) is 0 Å². The first-order valence-corrected chi connectivity index (χ1v) is 9.22. The number of aliphatic hydroxyl groups is 1. The lowest BCUT2D eigenvalue weighted by molar-refractivity contribution is 0.0282. The molecule has 1 aliphatic rings. The Morgan fingerprint density at radius 2 is 2.07 bits per heavy atom. The van der Waals surface area contributed by atoms with Gasteiger partial charge in [-0.15, -0.1) is 0 Å². The normalized spacial score (nSPS) is 20.7. The van der Waals surface area contributed by atoms with Crippen LogP contribution in [0.3, 0.4) is 0 Å². The van der Waals surface area contributed by atoms with E-state index >= 15 is 0 Å². The van der Waals surface area contributed by atoms with E-state index < -0.39 is 0 Å². The second kappa shape index (κ2) is 7.54. The molecule has 3 aromatic rings. The Morgan fingerprint density at radius 3 is 2.89 bits per heavy atom. The zero-order chi connectivity index (χ0) is 18.8. The monoisotopic (exact) mass is 365 g/mol. The first-order chi connectivity index (χ1) is 13.1. The van der Waals surface area contributed by atoms with Gasteiger partial charge in [0.2, 0.25) is 11.7 Å². The highest BCUT2D eigenvalue weighted by atomic mass is 16.5. The molecular formula is C20H23N5O2. The summed E-state index contributed by atoms with van der Waals surface area (Å²) < 4.78 is 5.46. The predicted molar refractivity (Wildman–Crippen MR) is 101 cm³/mol. The SMILES string of the molecule is Cc1nccc(-c2cccc(-c3noc(CN4CC[C@H](O)[C@@H](C)C4)n3)c2)n1. The first kappa shape index (κ1) is 17.8. The zero-order valence-corrected chi connectivity index (χ0v) is 15.5. The Labute approximate surface area is 158 Å². The molecule has 0 radical (unpaired) electrons. The fourth-order valence-electron chi connectivity index (χ4n) is 3.43. The average Bonchev–Trinajstić information content (AvgIpc) is 3.13. The standard InChI is InChI=1S/C20H23N5O2/c1-13-11-25(9-7-18(13)26)12-19-23-20(24-27-19)16-5-3-4-15(10-16)17-6-8-21-14(2)22-17/h3-6,8,10,13,18,26H,7,9,11-12H2,1-2H3/t13-,18-/m0/s1. The number of hydrogen-bond acceptors (Lipinski definition) is 7. The van der Waals surface area contributed by atoms with Crippen molar-refractivity contribution in [2.24, 2.45) is 5.92 Å².